The lowest BCUT2D eigenvalue weighted by Crippen LogP contribution is -2.56. The van der Waals surface area contributed by atoms with Crippen LogP contribution >= 0.6 is 0 Å². The zero-order chi connectivity index (χ0) is 25.4. The van der Waals surface area contributed by atoms with Gasteiger partial charge in [-0.1, -0.05) is 37.8 Å². The Morgan fingerprint density at radius 2 is 1.57 bits per heavy atom. The Hall–Kier alpha value is -3.32. The standard InChI is InChI=1S/C26H29F2N3O4/c1-26(2,25(27)28)22(24(33)30-34)29-23(32)21-11-9-19(10-12-21)4-3-18-5-7-20(8-6-18)17-31-13-15-35-16-14-31/h5-12,22,25,34H,13-17H2,1-2H3,(H,29,32)(H,30,33)/t22-/m1/s1. The molecule has 0 aliphatic carbocycles. The number of hydrogen-bond acceptors (Lipinski definition) is 5. The molecule has 2 aromatic carbocycles. The van der Waals surface area contributed by atoms with Crippen molar-refractivity contribution in [3.63, 3.8) is 0 Å². The summed E-state index contributed by atoms with van der Waals surface area (Å²) in [5, 5.41) is 11.2. The Bertz CT molecular complexity index is 1070. The van der Waals surface area contributed by atoms with Gasteiger partial charge in [0.15, 0.2) is 0 Å². The van der Waals surface area contributed by atoms with E-state index in [0.717, 1.165) is 52.3 Å². The van der Waals surface area contributed by atoms with Crippen LogP contribution in [0.15, 0.2) is 48.5 Å². The first-order valence-electron chi connectivity index (χ1n) is 11.2. The number of hydroxylamine groups is 1. The predicted octanol–water partition coefficient (Wildman–Crippen LogP) is 2.81. The van der Waals surface area contributed by atoms with Gasteiger partial charge < -0.3 is 10.1 Å². The van der Waals surface area contributed by atoms with Crippen LogP contribution in [-0.4, -0.2) is 60.7 Å². The summed E-state index contributed by atoms with van der Waals surface area (Å²) >= 11 is 0. The molecule has 0 bridgehead atoms. The highest BCUT2D eigenvalue weighted by Gasteiger charge is 2.43. The van der Waals surface area contributed by atoms with E-state index in [9.17, 15) is 18.4 Å². The topological polar surface area (TPSA) is 90.9 Å². The molecule has 7 nitrogen and oxygen atoms in total. The number of halogens is 2. The van der Waals surface area contributed by atoms with Gasteiger partial charge in [0.25, 0.3) is 11.8 Å². The number of rotatable bonds is 7. The second-order valence-corrected chi connectivity index (χ2v) is 8.92. The molecule has 1 saturated heterocycles. The summed E-state index contributed by atoms with van der Waals surface area (Å²) in [6, 6.07) is 12.6. The fourth-order valence-corrected chi connectivity index (χ4v) is 3.55. The van der Waals surface area contributed by atoms with Gasteiger partial charge in [-0.3, -0.25) is 19.7 Å². The number of ether oxygens (including phenoxy) is 1. The van der Waals surface area contributed by atoms with E-state index in [1.165, 1.54) is 23.2 Å². The van der Waals surface area contributed by atoms with Crippen molar-refractivity contribution in [2.75, 3.05) is 26.3 Å². The van der Waals surface area contributed by atoms with Gasteiger partial charge in [-0.2, -0.15) is 0 Å². The predicted molar refractivity (Wildman–Crippen MR) is 126 cm³/mol. The molecule has 1 atom stereocenters. The molecule has 35 heavy (non-hydrogen) atoms. The van der Waals surface area contributed by atoms with Crippen LogP contribution in [0.25, 0.3) is 0 Å². The number of alkyl halides is 2. The molecule has 0 radical (unpaired) electrons. The van der Waals surface area contributed by atoms with E-state index in [0.29, 0.717) is 5.56 Å². The van der Waals surface area contributed by atoms with Crippen molar-refractivity contribution in [2.24, 2.45) is 5.41 Å². The first-order valence-corrected chi connectivity index (χ1v) is 11.2. The van der Waals surface area contributed by atoms with Crippen LogP contribution in [0, 0.1) is 17.3 Å². The smallest absolute Gasteiger partial charge is 0.266 e. The lowest BCUT2D eigenvalue weighted by molar-refractivity contribution is -0.137. The highest BCUT2D eigenvalue weighted by atomic mass is 19.3. The third-order valence-corrected chi connectivity index (χ3v) is 5.92. The molecule has 3 N–H and O–H groups in total. The van der Waals surface area contributed by atoms with E-state index in [2.05, 4.69) is 22.1 Å². The number of nitrogens with one attached hydrogen (secondary N) is 2. The fraction of sp³-hybridized carbons (Fsp3) is 0.385. The van der Waals surface area contributed by atoms with E-state index in [1.807, 2.05) is 24.3 Å². The van der Waals surface area contributed by atoms with Gasteiger partial charge in [0.05, 0.1) is 18.6 Å². The van der Waals surface area contributed by atoms with E-state index < -0.39 is 29.7 Å². The largest absolute Gasteiger partial charge is 0.379 e. The molecule has 186 valence electrons. The first-order chi connectivity index (χ1) is 16.7. The molecule has 1 heterocycles. The first kappa shape index (κ1) is 26.3. The lowest BCUT2D eigenvalue weighted by atomic mass is 9.84. The SMILES string of the molecule is CC(C)(C(F)F)[C@H](NC(=O)c1ccc(C#Cc2ccc(CN3CCOCC3)cc2)cc1)C(=O)NO. The molecule has 0 aromatic heterocycles. The van der Waals surface area contributed by atoms with E-state index >= 15 is 0 Å². The summed E-state index contributed by atoms with van der Waals surface area (Å²) in [5.41, 5.74) is 2.33. The van der Waals surface area contributed by atoms with Gasteiger partial charge in [0.1, 0.15) is 6.04 Å². The van der Waals surface area contributed by atoms with Crippen molar-refractivity contribution in [3.8, 4) is 11.8 Å². The third-order valence-electron chi connectivity index (χ3n) is 5.92. The monoisotopic (exact) mass is 485 g/mol. The van der Waals surface area contributed by atoms with Crippen molar-refractivity contribution >= 4 is 11.8 Å². The van der Waals surface area contributed by atoms with Crippen LogP contribution in [0.5, 0.6) is 0 Å². The van der Waals surface area contributed by atoms with Crippen LogP contribution in [0.2, 0.25) is 0 Å². The van der Waals surface area contributed by atoms with E-state index in [4.69, 9.17) is 9.94 Å². The molecule has 1 fully saturated rings. The Morgan fingerprint density at radius 1 is 1.03 bits per heavy atom. The normalized spacial score (nSPS) is 15.1. The maximum atomic E-state index is 13.4. The van der Waals surface area contributed by atoms with Crippen molar-refractivity contribution < 1.29 is 28.3 Å². The Labute approximate surface area is 203 Å². The van der Waals surface area contributed by atoms with Gasteiger partial charge in [0.2, 0.25) is 6.43 Å². The molecular formula is C26H29F2N3O4. The summed E-state index contributed by atoms with van der Waals surface area (Å²) < 4.78 is 32.1. The van der Waals surface area contributed by atoms with Gasteiger partial charge in [-0.25, -0.2) is 14.3 Å². The van der Waals surface area contributed by atoms with E-state index in [1.54, 1.807) is 12.1 Å². The van der Waals surface area contributed by atoms with Crippen LogP contribution < -0.4 is 10.8 Å². The molecule has 1 aliphatic rings. The second-order valence-electron chi connectivity index (χ2n) is 8.92. The quantitative estimate of drug-likeness (QED) is 0.319. The number of amides is 2. The minimum absolute atomic E-state index is 0.170. The Kier molecular flexibility index (Phi) is 8.93. The Morgan fingerprint density at radius 3 is 2.09 bits per heavy atom. The van der Waals surface area contributed by atoms with Crippen molar-refractivity contribution in [1.82, 2.24) is 15.7 Å². The molecule has 1 aliphatic heterocycles. The molecule has 9 heteroatoms. The van der Waals surface area contributed by atoms with Gasteiger partial charge in [-0.05, 0) is 42.0 Å². The number of benzene rings is 2. The van der Waals surface area contributed by atoms with E-state index in [-0.39, 0.29) is 5.56 Å². The third kappa shape index (κ3) is 7.09. The van der Waals surface area contributed by atoms with Gasteiger partial charge >= 0.3 is 0 Å². The minimum atomic E-state index is -2.91. The van der Waals surface area contributed by atoms with Crippen LogP contribution in [0.3, 0.4) is 0 Å². The summed E-state index contributed by atoms with van der Waals surface area (Å²) in [6.07, 6.45) is -2.91. The Balaban J connectivity index is 1.62. The maximum absolute atomic E-state index is 13.4. The molecule has 2 amide bonds. The molecule has 0 unspecified atom stereocenters. The highest BCUT2D eigenvalue weighted by molar-refractivity contribution is 5.97. The summed E-state index contributed by atoms with van der Waals surface area (Å²) in [7, 11) is 0. The number of morpholine rings is 1. The van der Waals surface area contributed by atoms with Crippen molar-refractivity contribution in [1.29, 1.82) is 0 Å². The van der Waals surface area contributed by atoms with Crippen LogP contribution in [0.1, 0.15) is 40.9 Å². The second kappa shape index (κ2) is 11.9. The lowest BCUT2D eigenvalue weighted by Gasteiger charge is -2.32. The number of hydrogen-bond donors (Lipinski definition) is 3. The van der Waals surface area contributed by atoms with Crippen molar-refractivity contribution in [3.05, 3.63) is 70.8 Å². The fourth-order valence-electron chi connectivity index (χ4n) is 3.55. The van der Waals surface area contributed by atoms with Crippen molar-refractivity contribution in [2.45, 2.75) is 32.9 Å². The minimum Gasteiger partial charge on any atom is -0.379 e. The number of nitrogens with zero attached hydrogens (tertiary/aromatic N) is 1. The molecule has 3 rings (SSSR count). The highest BCUT2D eigenvalue weighted by Crippen LogP contribution is 2.29. The average molecular weight is 486 g/mol. The van der Waals surface area contributed by atoms with Crippen LogP contribution in [0.4, 0.5) is 8.78 Å². The summed E-state index contributed by atoms with van der Waals surface area (Å²) in [5.74, 6) is 4.27. The average Bonchev–Trinajstić information content (AvgIpc) is 2.87. The molecule has 0 spiro atoms. The zero-order valence-corrected chi connectivity index (χ0v) is 19.7. The van der Waals surface area contributed by atoms with Gasteiger partial charge in [0, 0.05) is 36.3 Å². The molecular weight excluding hydrogens is 456 g/mol. The van der Waals surface area contributed by atoms with Crippen LogP contribution in [-0.2, 0) is 16.1 Å². The number of carbonyl (C=O) groups is 2. The zero-order valence-electron chi connectivity index (χ0n) is 19.7. The number of carbonyl (C=O) groups excluding carboxylic acids is 2. The molecule has 2 aromatic rings. The summed E-state index contributed by atoms with van der Waals surface area (Å²) in [4.78, 5) is 26.8. The maximum Gasteiger partial charge on any atom is 0.266 e. The molecule has 0 saturated carbocycles. The summed E-state index contributed by atoms with van der Waals surface area (Å²) in [6.45, 7) is 6.50. The van der Waals surface area contributed by atoms with Gasteiger partial charge in [-0.15, -0.1) is 0 Å².